The van der Waals surface area contributed by atoms with Gasteiger partial charge in [0, 0.05) is 18.2 Å². The van der Waals surface area contributed by atoms with Gasteiger partial charge in [-0.3, -0.25) is 9.69 Å². The van der Waals surface area contributed by atoms with E-state index in [9.17, 15) is 9.90 Å². The van der Waals surface area contributed by atoms with E-state index < -0.39 is 0 Å². The third-order valence-electron chi connectivity index (χ3n) is 3.77. The zero-order valence-electron chi connectivity index (χ0n) is 11.7. The van der Waals surface area contributed by atoms with E-state index in [4.69, 9.17) is 0 Å². The molecule has 1 aromatic carbocycles. The largest absolute Gasteiger partial charge is 0.508 e. The fourth-order valence-electron chi connectivity index (χ4n) is 2.54. The van der Waals surface area contributed by atoms with Crippen LogP contribution in [-0.2, 0) is 0 Å². The molecule has 19 heavy (non-hydrogen) atoms. The molecule has 1 heterocycles. The Morgan fingerprint density at radius 2 is 2.05 bits per heavy atom. The summed E-state index contributed by atoms with van der Waals surface area (Å²) in [6.07, 6.45) is 2.35. The maximum absolute atomic E-state index is 12.2. The summed E-state index contributed by atoms with van der Waals surface area (Å²) in [7, 11) is 4.19. The number of Topliss-reactive ketones (excluding diaryl/α,β-unsaturated/α-hetero) is 1. The number of carbonyl (C=O) groups is 1. The average molecular weight is 262 g/mol. The first-order chi connectivity index (χ1) is 9.06. The second-order valence-corrected chi connectivity index (χ2v) is 5.46. The normalized spacial score (nSPS) is 20.7. The summed E-state index contributed by atoms with van der Waals surface area (Å²) < 4.78 is 0. The third-order valence-corrected chi connectivity index (χ3v) is 3.77. The molecule has 0 amide bonds. The first-order valence-corrected chi connectivity index (χ1v) is 6.77. The molecule has 0 spiro atoms. The number of benzene rings is 1. The smallest absolute Gasteiger partial charge is 0.176 e. The van der Waals surface area contributed by atoms with Crippen molar-refractivity contribution in [3.05, 3.63) is 29.8 Å². The van der Waals surface area contributed by atoms with Crippen LogP contribution < -0.4 is 0 Å². The van der Waals surface area contributed by atoms with E-state index in [1.165, 1.54) is 6.42 Å². The Bertz CT molecular complexity index is 428. The van der Waals surface area contributed by atoms with Crippen molar-refractivity contribution in [2.24, 2.45) is 0 Å². The zero-order valence-corrected chi connectivity index (χ0v) is 11.7. The quantitative estimate of drug-likeness (QED) is 0.837. The van der Waals surface area contributed by atoms with Crippen molar-refractivity contribution in [3.63, 3.8) is 0 Å². The molecule has 104 valence electrons. The van der Waals surface area contributed by atoms with Crippen molar-refractivity contribution in [1.29, 1.82) is 0 Å². The maximum Gasteiger partial charge on any atom is 0.176 e. The van der Waals surface area contributed by atoms with E-state index in [1.54, 1.807) is 24.3 Å². The molecule has 1 aliphatic rings. The Labute approximate surface area is 114 Å². The second kappa shape index (κ2) is 6.17. The molecule has 0 aliphatic carbocycles. The highest BCUT2D eigenvalue weighted by atomic mass is 16.3. The average Bonchev–Trinajstić information content (AvgIpc) is 2.39. The van der Waals surface area contributed by atoms with Crippen molar-refractivity contribution < 1.29 is 9.90 Å². The Morgan fingerprint density at radius 1 is 1.37 bits per heavy atom. The van der Waals surface area contributed by atoms with Gasteiger partial charge in [-0.25, -0.2) is 0 Å². The number of phenols is 1. The van der Waals surface area contributed by atoms with Gasteiger partial charge >= 0.3 is 0 Å². The highest BCUT2D eigenvalue weighted by Gasteiger charge is 2.23. The molecule has 1 N–H and O–H groups in total. The number of piperidine rings is 1. The first kappa shape index (κ1) is 14.0. The second-order valence-electron chi connectivity index (χ2n) is 5.46. The Kier molecular flexibility index (Phi) is 4.56. The summed E-state index contributed by atoms with van der Waals surface area (Å²) in [6.45, 7) is 2.42. The number of likely N-dealkylation sites (N-methyl/N-ethyl adjacent to an activating group) is 1. The van der Waals surface area contributed by atoms with Crippen LogP contribution in [0.25, 0.3) is 0 Å². The predicted molar refractivity (Wildman–Crippen MR) is 75.6 cm³/mol. The van der Waals surface area contributed by atoms with Gasteiger partial charge in [0.1, 0.15) is 5.75 Å². The minimum absolute atomic E-state index is 0.124. The number of nitrogens with zero attached hydrogens (tertiary/aromatic N) is 2. The lowest BCUT2D eigenvalue weighted by atomic mass is 10.0. The molecule has 4 nitrogen and oxygen atoms in total. The van der Waals surface area contributed by atoms with Crippen LogP contribution in [0.15, 0.2) is 24.3 Å². The molecule has 1 atom stereocenters. The zero-order chi connectivity index (χ0) is 13.8. The van der Waals surface area contributed by atoms with E-state index in [0.29, 0.717) is 18.2 Å². The van der Waals surface area contributed by atoms with Gasteiger partial charge in [-0.2, -0.15) is 0 Å². The lowest BCUT2D eigenvalue weighted by Crippen LogP contribution is -2.46. The fraction of sp³-hybridized carbons (Fsp3) is 0.533. The number of rotatable bonds is 4. The summed E-state index contributed by atoms with van der Waals surface area (Å²) in [6, 6.07) is 7.04. The predicted octanol–water partition coefficient (Wildman–Crippen LogP) is 1.60. The Hall–Kier alpha value is -1.39. The summed E-state index contributed by atoms with van der Waals surface area (Å²) in [5.41, 5.74) is 0.671. The topological polar surface area (TPSA) is 43.8 Å². The van der Waals surface area contributed by atoms with Crippen molar-refractivity contribution >= 4 is 5.78 Å². The molecule has 2 rings (SSSR count). The van der Waals surface area contributed by atoms with Gasteiger partial charge in [0.2, 0.25) is 0 Å². The molecule has 4 heteroatoms. The van der Waals surface area contributed by atoms with E-state index in [-0.39, 0.29) is 11.5 Å². The minimum Gasteiger partial charge on any atom is -0.508 e. The summed E-state index contributed by atoms with van der Waals surface area (Å²) >= 11 is 0. The molecule has 1 aromatic rings. The number of hydrogen-bond acceptors (Lipinski definition) is 4. The van der Waals surface area contributed by atoms with Crippen molar-refractivity contribution in [2.45, 2.75) is 18.9 Å². The minimum atomic E-state index is 0.124. The number of ketones is 1. The van der Waals surface area contributed by atoms with E-state index in [0.717, 1.165) is 19.5 Å². The summed E-state index contributed by atoms with van der Waals surface area (Å²) in [5, 5.41) is 9.23. The van der Waals surface area contributed by atoms with Crippen LogP contribution in [0.5, 0.6) is 5.75 Å². The molecule has 1 saturated heterocycles. The number of hydrogen-bond donors (Lipinski definition) is 1. The molecule has 0 bridgehead atoms. The van der Waals surface area contributed by atoms with Crippen LogP contribution in [0, 0.1) is 0 Å². The standard InChI is InChI=1S/C15H22N2O2/c1-16(2)13-4-3-9-17(10-13)11-15(19)12-5-7-14(18)8-6-12/h5-8,13,18H,3-4,9-11H2,1-2H3. The molecular weight excluding hydrogens is 240 g/mol. The Balaban J connectivity index is 1.93. The van der Waals surface area contributed by atoms with Crippen molar-refractivity contribution in [1.82, 2.24) is 9.80 Å². The lowest BCUT2D eigenvalue weighted by Gasteiger charge is -2.35. The number of carbonyl (C=O) groups excluding carboxylic acids is 1. The van der Waals surface area contributed by atoms with Crippen LogP contribution in [0.1, 0.15) is 23.2 Å². The van der Waals surface area contributed by atoms with E-state index >= 15 is 0 Å². The fourth-order valence-corrected chi connectivity index (χ4v) is 2.54. The number of aromatic hydroxyl groups is 1. The van der Waals surface area contributed by atoms with Gasteiger partial charge < -0.3 is 10.0 Å². The van der Waals surface area contributed by atoms with Crippen LogP contribution in [0.2, 0.25) is 0 Å². The number of likely N-dealkylation sites (tertiary alicyclic amines) is 1. The summed E-state index contributed by atoms with van der Waals surface area (Å²) in [4.78, 5) is 16.6. The molecular formula is C15H22N2O2. The Morgan fingerprint density at radius 3 is 2.68 bits per heavy atom. The van der Waals surface area contributed by atoms with Crippen LogP contribution >= 0.6 is 0 Å². The van der Waals surface area contributed by atoms with Crippen LogP contribution in [0.4, 0.5) is 0 Å². The van der Waals surface area contributed by atoms with Gasteiger partial charge in [-0.15, -0.1) is 0 Å². The molecule has 0 aromatic heterocycles. The van der Waals surface area contributed by atoms with Gasteiger partial charge in [-0.1, -0.05) is 0 Å². The summed E-state index contributed by atoms with van der Waals surface area (Å²) in [5.74, 6) is 0.321. The first-order valence-electron chi connectivity index (χ1n) is 6.77. The van der Waals surface area contributed by atoms with Gasteiger partial charge in [-0.05, 0) is 57.7 Å². The van der Waals surface area contributed by atoms with Gasteiger partial charge in [0.15, 0.2) is 5.78 Å². The molecule has 1 fully saturated rings. The molecule has 1 unspecified atom stereocenters. The highest BCUT2D eigenvalue weighted by Crippen LogP contribution is 2.15. The van der Waals surface area contributed by atoms with Gasteiger partial charge in [0.25, 0.3) is 0 Å². The molecule has 1 aliphatic heterocycles. The number of phenolic OH excluding ortho intramolecular Hbond substituents is 1. The third kappa shape index (κ3) is 3.78. The lowest BCUT2D eigenvalue weighted by molar-refractivity contribution is 0.0852. The molecule has 0 saturated carbocycles. The molecule has 0 radical (unpaired) electrons. The van der Waals surface area contributed by atoms with Crippen LogP contribution in [0.3, 0.4) is 0 Å². The highest BCUT2D eigenvalue weighted by molar-refractivity contribution is 5.97. The van der Waals surface area contributed by atoms with Crippen molar-refractivity contribution in [2.75, 3.05) is 33.7 Å². The monoisotopic (exact) mass is 262 g/mol. The van der Waals surface area contributed by atoms with Crippen molar-refractivity contribution in [3.8, 4) is 5.75 Å². The van der Waals surface area contributed by atoms with Gasteiger partial charge in [0.05, 0.1) is 6.54 Å². The maximum atomic E-state index is 12.2. The van der Waals surface area contributed by atoms with Crippen LogP contribution in [-0.4, -0.2) is 60.5 Å². The van der Waals surface area contributed by atoms with E-state index in [1.807, 2.05) is 0 Å². The SMILES string of the molecule is CN(C)C1CCCN(CC(=O)c2ccc(O)cc2)C1. The van der Waals surface area contributed by atoms with E-state index in [2.05, 4.69) is 23.9 Å².